The molecule has 11 heavy (non-hydrogen) atoms. The predicted molar refractivity (Wildman–Crippen MR) is 51.6 cm³/mol. The normalized spacial score (nSPS) is 10.7. The van der Waals surface area contributed by atoms with E-state index in [0.717, 1.165) is 5.02 Å². The molecule has 0 nitrogen and oxygen atoms in total. The van der Waals surface area contributed by atoms with Crippen LogP contribution in [0.4, 0.5) is 0 Å². The zero-order chi connectivity index (χ0) is 7.84. The Hall–Kier alpha value is -0.530. The standard InChI is InChI=1S/C9H7ClS/c1-6-2-3-8(10)9-7(6)4-5-11-9/h2-5H,1H3. The summed E-state index contributed by atoms with van der Waals surface area (Å²) in [6, 6.07) is 6.12. The number of thiophene rings is 1. The van der Waals surface area contributed by atoms with Gasteiger partial charge in [0.1, 0.15) is 0 Å². The van der Waals surface area contributed by atoms with Crippen LogP contribution >= 0.6 is 22.9 Å². The smallest absolute Gasteiger partial charge is 0.0584 e. The van der Waals surface area contributed by atoms with E-state index in [2.05, 4.69) is 24.4 Å². The van der Waals surface area contributed by atoms with Gasteiger partial charge in [0.2, 0.25) is 0 Å². The van der Waals surface area contributed by atoms with E-state index >= 15 is 0 Å². The molecule has 0 saturated heterocycles. The maximum absolute atomic E-state index is 5.98. The van der Waals surface area contributed by atoms with Crippen molar-refractivity contribution in [1.29, 1.82) is 0 Å². The maximum Gasteiger partial charge on any atom is 0.0584 e. The molecule has 2 heteroatoms. The Bertz CT molecular complexity index is 353. The minimum Gasteiger partial charge on any atom is -0.142 e. The molecule has 0 spiro atoms. The topological polar surface area (TPSA) is 0 Å². The van der Waals surface area contributed by atoms with E-state index in [9.17, 15) is 0 Å². The Kier molecular flexibility index (Phi) is 1.63. The highest BCUT2D eigenvalue weighted by Crippen LogP contribution is 2.30. The van der Waals surface area contributed by atoms with Crippen LogP contribution in [0.5, 0.6) is 0 Å². The Balaban J connectivity index is 2.96. The second kappa shape index (κ2) is 2.50. The lowest BCUT2D eigenvalue weighted by molar-refractivity contribution is 1.55. The summed E-state index contributed by atoms with van der Waals surface area (Å²) in [4.78, 5) is 0. The molecular formula is C9H7ClS. The number of halogens is 1. The van der Waals surface area contributed by atoms with Crippen molar-refractivity contribution in [3.05, 3.63) is 34.2 Å². The van der Waals surface area contributed by atoms with E-state index in [1.165, 1.54) is 15.6 Å². The van der Waals surface area contributed by atoms with Crippen molar-refractivity contribution in [2.45, 2.75) is 6.92 Å². The van der Waals surface area contributed by atoms with E-state index in [1.54, 1.807) is 11.3 Å². The van der Waals surface area contributed by atoms with Crippen LogP contribution in [0, 0.1) is 6.92 Å². The third-order valence-corrected chi connectivity index (χ3v) is 3.16. The first kappa shape index (κ1) is 7.14. The van der Waals surface area contributed by atoms with E-state index in [1.807, 2.05) is 6.07 Å². The quantitative estimate of drug-likeness (QED) is 0.581. The van der Waals surface area contributed by atoms with Crippen LogP contribution < -0.4 is 0 Å². The Morgan fingerprint density at radius 3 is 2.82 bits per heavy atom. The average Bonchev–Trinajstić information content (AvgIpc) is 2.45. The van der Waals surface area contributed by atoms with Crippen molar-refractivity contribution >= 4 is 33.0 Å². The van der Waals surface area contributed by atoms with Crippen molar-refractivity contribution in [2.24, 2.45) is 0 Å². The van der Waals surface area contributed by atoms with Gasteiger partial charge in [-0.3, -0.25) is 0 Å². The summed E-state index contributed by atoms with van der Waals surface area (Å²) < 4.78 is 1.20. The maximum atomic E-state index is 5.98. The van der Waals surface area contributed by atoms with Gasteiger partial charge >= 0.3 is 0 Å². The number of aryl methyl sites for hydroxylation is 1. The molecule has 1 aromatic heterocycles. The van der Waals surface area contributed by atoms with Gasteiger partial charge in [-0.1, -0.05) is 17.7 Å². The van der Waals surface area contributed by atoms with Crippen LogP contribution in [0.3, 0.4) is 0 Å². The van der Waals surface area contributed by atoms with Crippen LogP contribution in [-0.2, 0) is 0 Å². The SMILES string of the molecule is Cc1ccc(Cl)c2sccc12. The second-order valence-electron chi connectivity index (χ2n) is 2.53. The number of benzene rings is 1. The molecule has 0 fully saturated rings. The molecule has 2 rings (SSSR count). The van der Waals surface area contributed by atoms with E-state index < -0.39 is 0 Å². The van der Waals surface area contributed by atoms with E-state index in [-0.39, 0.29) is 0 Å². The molecular weight excluding hydrogens is 176 g/mol. The highest BCUT2D eigenvalue weighted by molar-refractivity contribution is 7.17. The van der Waals surface area contributed by atoms with Gasteiger partial charge in [0.25, 0.3) is 0 Å². The summed E-state index contributed by atoms with van der Waals surface area (Å²) in [5.74, 6) is 0. The molecule has 0 atom stereocenters. The summed E-state index contributed by atoms with van der Waals surface area (Å²) in [6.45, 7) is 2.10. The van der Waals surface area contributed by atoms with Crippen molar-refractivity contribution in [1.82, 2.24) is 0 Å². The zero-order valence-electron chi connectivity index (χ0n) is 6.10. The molecule has 0 aliphatic carbocycles. The van der Waals surface area contributed by atoms with E-state index in [4.69, 9.17) is 11.6 Å². The number of rotatable bonds is 0. The van der Waals surface area contributed by atoms with Crippen molar-refractivity contribution in [3.8, 4) is 0 Å². The Morgan fingerprint density at radius 1 is 1.27 bits per heavy atom. The molecule has 0 N–H and O–H groups in total. The Labute approximate surface area is 74.4 Å². The third-order valence-electron chi connectivity index (χ3n) is 1.79. The largest absolute Gasteiger partial charge is 0.142 e. The van der Waals surface area contributed by atoms with Gasteiger partial charge < -0.3 is 0 Å². The average molecular weight is 183 g/mol. The van der Waals surface area contributed by atoms with Gasteiger partial charge in [-0.25, -0.2) is 0 Å². The predicted octanol–water partition coefficient (Wildman–Crippen LogP) is 3.86. The van der Waals surface area contributed by atoms with Crippen LogP contribution in [0.1, 0.15) is 5.56 Å². The number of hydrogen-bond donors (Lipinski definition) is 0. The highest BCUT2D eigenvalue weighted by atomic mass is 35.5. The molecule has 0 aliphatic heterocycles. The van der Waals surface area contributed by atoms with Crippen molar-refractivity contribution in [3.63, 3.8) is 0 Å². The van der Waals surface area contributed by atoms with Crippen molar-refractivity contribution in [2.75, 3.05) is 0 Å². The van der Waals surface area contributed by atoms with E-state index in [0.29, 0.717) is 0 Å². The van der Waals surface area contributed by atoms with Gasteiger partial charge in [-0.2, -0.15) is 0 Å². The monoisotopic (exact) mass is 182 g/mol. The van der Waals surface area contributed by atoms with Gasteiger partial charge in [0.15, 0.2) is 0 Å². The van der Waals surface area contributed by atoms with Crippen LogP contribution in [0.2, 0.25) is 5.02 Å². The molecule has 0 amide bonds. The molecule has 1 heterocycles. The van der Waals surface area contributed by atoms with Crippen LogP contribution in [0.15, 0.2) is 23.6 Å². The molecule has 0 aliphatic rings. The third kappa shape index (κ3) is 1.05. The minimum absolute atomic E-state index is 0.862. The summed E-state index contributed by atoms with van der Waals surface area (Å²) in [6.07, 6.45) is 0. The fourth-order valence-electron chi connectivity index (χ4n) is 1.17. The summed E-state index contributed by atoms with van der Waals surface area (Å²) in [7, 11) is 0. The second-order valence-corrected chi connectivity index (χ2v) is 3.85. The van der Waals surface area contributed by atoms with Gasteiger partial charge in [-0.05, 0) is 35.4 Å². The van der Waals surface area contributed by atoms with Gasteiger partial charge in [0, 0.05) is 0 Å². The molecule has 0 radical (unpaired) electrons. The number of hydrogen-bond acceptors (Lipinski definition) is 1. The molecule has 56 valence electrons. The van der Waals surface area contributed by atoms with Gasteiger partial charge in [-0.15, -0.1) is 11.3 Å². The first-order valence-corrected chi connectivity index (χ1v) is 4.67. The highest BCUT2D eigenvalue weighted by Gasteiger charge is 2.01. The van der Waals surface area contributed by atoms with Gasteiger partial charge in [0.05, 0.1) is 9.72 Å². The fourth-order valence-corrected chi connectivity index (χ4v) is 2.34. The summed E-state index contributed by atoms with van der Waals surface area (Å²) in [5.41, 5.74) is 1.30. The summed E-state index contributed by atoms with van der Waals surface area (Å²) in [5, 5.41) is 4.21. The lowest BCUT2D eigenvalue weighted by Gasteiger charge is -1.96. The summed E-state index contributed by atoms with van der Waals surface area (Å²) >= 11 is 7.68. The lowest BCUT2D eigenvalue weighted by atomic mass is 10.2. The zero-order valence-corrected chi connectivity index (χ0v) is 7.67. The first-order valence-electron chi connectivity index (χ1n) is 3.41. The van der Waals surface area contributed by atoms with Crippen LogP contribution in [-0.4, -0.2) is 0 Å². The molecule has 0 unspecified atom stereocenters. The molecule has 0 bridgehead atoms. The molecule has 0 saturated carbocycles. The number of fused-ring (bicyclic) bond motifs is 1. The first-order chi connectivity index (χ1) is 5.29. The fraction of sp³-hybridized carbons (Fsp3) is 0.111. The lowest BCUT2D eigenvalue weighted by Crippen LogP contribution is -1.71. The van der Waals surface area contributed by atoms with Crippen LogP contribution in [0.25, 0.3) is 10.1 Å². The Morgan fingerprint density at radius 2 is 2.09 bits per heavy atom. The van der Waals surface area contributed by atoms with Crippen molar-refractivity contribution < 1.29 is 0 Å². The molecule has 1 aromatic carbocycles. The minimum atomic E-state index is 0.862. The molecule has 2 aromatic rings.